The molecule has 0 saturated carbocycles. The molecular formula is C14H18ClNO4S. The van der Waals surface area contributed by atoms with Crippen LogP contribution in [0, 0.1) is 44.9 Å². The first-order chi connectivity index (χ1) is 9.50. The summed E-state index contributed by atoms with van der Waals surface area (Å²) in [7, 11) is -4.94. The number of rotatable bonds is 1. The maximum Gasteiger partial charge on any atom is 0.231 e. The molecule has 0 aliphatic heterocycles. The van der Waals surface area contributed by atoms with E-state index in [-0.39, 0.29) is 0 Å². The van der Waals surface area contributed by atoms with E-state index in [1.165, 1.54) is 32.9 Å². The van der Waals surface area contributed by atoms with Crippen LogP contribution in [0.2, 0.25) is 0 Å². The van der Waals surface area contributed by atoms with Gasteiger partial charge in [-0.15, -0.1) is 10.2 Å². The molecule has 0 aliphatic rings. The third-order valence-corrected chi connectivity index (χ3v) is 4.05. The summed E-state index contributed by atoms with van der Waals surface area (Å²) in [5.74, 6) is 0. The predicted octanol–water partition coefficient (Wildman–Crippen LogP) is -1.19. The number of thiazole rings is 1. The van der Waals surface area contributed by atoms with Crippen LogP contribution in [0.1, 0.15) is 27.3 Å². The zero-order valence-corrected chi connectivity index (χ0v) is 14.2. The summed E-state index contributed by atoms with van der Waals surface area (Å²) in [6.45, 7) is 10.9. The highest BCUT2D eigenvalue weighted by atomic mass is 35.7. The quantitative estimate of drug-likeness (QED) is 0.614. The second kappa shape index (κ2) is 6.83. The van der Waals surface area contributed by atoms with Crippen molar-refractivity contribution in [2.24, 2.45) is 0 Å². The largest absolute Gasteiger partial charge is 0.231 e. The summed E-state index contributed by atoms with van der Waals surface area (Å²) in [6.07, 6.45) is 0. The van der Waals surface area contributed by atoms with Crippen LogP contribution in [0.4, 0.5) is 0 Å². The first kappa shape index (κ1) is 18.0. The summed E-state index contributed by atoms with van der Waals surface area (Å²) in [5, 5.41) is 0. The maximum absolute atomic E-state index is 8.49. The molecule has 0 fully saturated rings. The standard InChI is InChI=1S/C14H18NS.ClHO4/c1-9-6-10(2)14(11(3)7-9)15-8-16-13(5)12(15)4;2-1(3,4)5/h6-8H,1-5H3;(H,2,3,4,5)/q+1;/p-1. The molecule has 0 unspecified atom stereocenters. The van der Waals surface area contributed by atoms with Crippen LogP contribution in [-0.2, 0) is 0 Å². The first-order valence-electron chi connectivity index (χ1n) is 6.17. The van der Waals surface area contributed by atoms with E-state index < -0.39 is 10.2 Å². The van der Waals surface area contributed by atoms with E-state index >= 15 is 0 Å². The zero-order chi connectivity index (χ0) is 16.4. The van der Waals surface area contributed by atoms with Crippen molar-refractivity contribution in [1.82, 2.24) is 0 Å². The summed E-state index contributed by atoms with van der Waals surface area (Å²) < 4.78 is 36.3. The molecular weight excluding hydrogens is 314 g/mol. The molecule has 0 bridgehead atoms. The molecule has 0 radical (unpaired) electrons. The third kappa shape index (κ3) is 5.35. The van der Waals surface area contributed by atoms with Gasteiger partial charge in [-0.05, 0) is 39.8 Å². The van der Waals surface area contributed by atoms with Gasteiger partial charge in [-0.3, -0.25) is 0 Å². The monoisotopic (exact) mass is 331 g/mol. The number of nitrogens with zero attached hydrogens (tertiary/aromatic N) is 1. The molecule has 1 aromatic heterocycles. The summed E-state index contributed by atoms with van der Waals surface area (Å²) in [5.41, 5.74) is 8.93. The van der Waals surface area contributed by atoms with Crippen LogP contribution in [0.3, 0.4) is 0 Å². The van der Waals surface area contributed by atoms with E-state index in [2.05, 4.69) is 56.8 Å². The SMILES string of the molecule is Cc1cc(C)c(-[n+]2csc(C)c2C)c(C)c1.[O-][Cl+3]([O-])([O-])[O-]. The molecule has 0 amide bonds. The smallest absolute Gasteiger partial charge is 0.222 e. The predicted molar refractivity (Wildman–Crippen MR) is 69.5 cm³/mol. The van der Waals surface area contributed by atoms with Crippen molar-refractivity contribution in [2.75, 3.05) is 0 Å². The second-order valence-electron chi connectivity index (χ2n) is 4.86. The Kier molecular flexibility index (Phi) is 5.86. The Bertz CT molecular complexity index is 605. The van der Waals surface area contributed by atoms with Gasteiger partial charge in [-0.25, -0.2) is 18.6 Å². The summed E-state index contributed by atoms with van der Waals surface area (Å²) in [6, 6.07) is 4.50. The number of hydrogen-bond donors (Lipinski definition) is 0. The van der Waals surface area contributed by atoms with Crippen LogP contribution in [0.5, 0.6) is 0 Å². The van der Waals surface area contributed by atoms with Crippen LogP contribution in [0.25, 0.3) is 5.69 Å². The second-order valence-corrected chi connectivity index (χ2v) is 6.67. The van der Waals surface area contributed by atoms with Gasteiger partial charge in [-0.1, -0.05) is 16.9 Å². The highest BCUT2D eigenvalue weighted by Crippen LogP contribution is 2.19. The number of hydrogen-bond acceptors (Lipinski definition) is 5. The minimum atomic E-state index is -4.94. The van der Waals surface area contributed by atoms with Gasteiger partial charge in [0, 0.05) is 18.1 Å². The van der Waals surface area contributed by atoms with E-state index in [1.807, 2.05) is 11.3 Å². The lowest BCUT2D eigenvalue weighted by atomic mass is 10.0. The Balaban J connectivity index is 0.000000383. The van der Waals surface area contributed by atoms with Gasteiger partial charge in [0.05, 0.1) is 4.88 Å². The van der Waals surface area contributed by atoms with Crippen molar-refractivity contribution in [3.05, 3.63) is 44.9 Å². The molecule has 21 heavy (non-hydrogen) atoms. The van der Waals surface area contributed by atoms with Gasteiger partial charge >= 0.3 is 0 Å². The number of benzene rings is 1. The van der Waals surface area contributed by atoms with Crippen molar-refractivity contribution in [3.8, 4) is 5.69 Å². The van der Waals surface area contributed by atoms with Crippen molar-refractivity contribution in [3.63, 3.8) is 0 Å². The molecule has 7 heteroatoms. The molecule has 5 nitrogen and oxygen atoms in total. The van der Waals surface area contributed by atoms with Gasteiger partial charge < -0.3 is 0 Å². The lowest BCUT2D eigenvalue weighted by Gasteiger charge is -2.17. The first-order valence-corrected chi connectivity index (χ1v) is 8.28. The minimum Gasteiger partial charge on any atom is -0.222 e. The van der Waals surface area contributed by atoms with Crippen LogP contribution in [-0.4, -0.2) is 0 Å². The fourth-order valence-electron chi connectivity index (χ4n) is 2.24. The average Bonchev–Trinajstić information content (AvgIpc) is 2.57. The van der Waals surface area contributed by atoms with Crippen LogP contribution < -0.4 is 23.2 Å². The van der Waals surface area contributed by atoms with E-state index in [0.717, 1.165) is 0 Å². The van der Waals surface area contributed by atoms with E-state index in [4.69, 9.17) is 18.6 Å². The maximum atomic E-state index is 8.49. The Morgan fingerprint density at radius 2 is 1.33 bits per heavy atom. The molecule has 1 heterocycles. The Hall–Kier alpha value is -1.02. The molecule has 116 valence electrons. The summed E-state index contributed by atoms with van der Waals surface area (Å²) >= 11 is 1.81. The molecule has 2 rings (SSSR count). The molecule has 0 atom stereocenters. The van der Waals surface area contributed by atoms with Gasteiger partial charge in [0.15, 0.2) is 5.69 Å². The van der Waals surface area contributed by atoms with E-state index in [0.29, 0.717) is 0 Å². The highest BCUT2D eigenvalue weighted by molar-refractivity contribution is 7.09. The normalized spacial score (nSPS) is 11.1. The lowest BCUT2D eigenvalue weighted by Crippen LogP contribution is -2.68. The lowest BCUT2D eigenvalue weighted by molar-refractivity contribution is -2.00. The minimum absolute atomic E-state index is 1.34. The Labute approximate surface area is 130 Å². The van der Waals surface area contributed by atoms with Gasteiger partial charge in [-0.2, -0.15) is 4.57 Å². The van der Waals surface area contributed by atoms with Crippen molar-refractivity contribution < 1.29 is 33.4 Å². The van der Waals surface area contributed by atoms with Gasteiger partial charge in [0.25, 0.3) is 0 Å². The Morgan fingerprint density at radius 3 is 1.67 bits per heavy atom. The molecule has 0 spiro atoms. The van der Waals surface area contributed by atoms with Gasteiger partial charge in [0.2, 0.25) is 11.2 Å². The fourth-order valence-corrected chi connectivity index (χ4v) is 3.03. The van der Waals surface area contributed by atoms with Crippen molar-refractivity contribution in [2.45, 2.75) is 34.6 Å². The fraction of sp³-hybridized carbons (Fsp3) is 0.357. The Morgan fingerprint density at radius 1 is 0.905 bits per heavy atom. The van der Waals surface area contributed by atoms with Crippen LogP contribution >= 0.6 is 11.3 Å². The topological polar surface area (TPSA) is 96.1 Å². The molecule has 0 aliphatic carbocycles. The van der Waals surface area contributed by atoms with E-state index in [9.17, 15) is 0 Å². The highest BCUT2D eigenvalue weighted by Gasteiger charge is 2.19. The molecule has 1 aromatic carbocycles. The molecule has 0 saturated heterocycles. The van der Waals surface area contributed by atoms with Crippen molar-refractivity contribution in [1.29, 1.82) is 0 Å². The number of aromatic nitrogens is 1. The zero-order valence-electron chi connectivity index (χ0n) is 12.6. The molecule has 0 N–H and O–H groups in total. The van der Waals surface area contributed by atoms with Crippen molar-refractivity contribution >= 4 is 11.3 Å². The van der Waals surface area contributed by atoms with Crippen LogP contribution in [0.15, 0.2) is 17.6 Å². The van der Waals surface area contributed by atoms with E-state index in [1.54, 1.807) is 0 Å². The summed E-state index contributed by atoms with van der Waals surface area (Å²) in [4.78, 5) is 1.39. The average molecular weight is 332 g/mol. The third-order valence-electron chi connectivity index (χ3n) is 3.08. The molecule has 2 aromatic rings. The number of aryl methyl sites for hydroxylation is 4. The number of halogens is 1. The van der Waals surface area contributed by atoms with Gasteiger partial charge in [0.1, 0.15) is 0 Å².